The molecular formula is C16H12Cl2N2O. The van der Waals surface area contributed by atoms with Crippen LogP contribution in [0, 0.1) is 0 Å². The molecule has 0 saturated carbocycles. The highest BCUT2D eigenvalue weighted by atomic mass is 35.5. The fourth-order valence-corrected chi connectivity index (χ4v) is 2.57. The minimum atomic E-state index is -0.218. The molecule has 106 valence electrons. The summed E-state index contributed by atoms with van der Waals surface area (Å²) in [6.45, 7) is 0. The van der Waals surface area contributed by atoms with E-state index in [2.05, 4.69) is 5.32 Å². The van der Waals surface area contributed by atoms with Crippen LogP contribution in [0.2, 0.25) is 10.0 Å². The Hall–Kier alpha value is -1.97. The maximum atomic E-state index is 12.3. The van der Waals surface area contributed by atoms with Gasteiger partial charge in [0.15, 0.2) is 0 Å². The molecule has 0 fully saturated rings. The molecule has 0 spiro atoms. The highest BCUT2D eigenvalue weighted by molar-refractivity contribution is 6.44. The summed E-state index contributed by atoms with van der Waals surface area (Å²) in [5.74, 6) is -0.218. The normalized spacial score (nSPS) is 10.8. The Kier molecular flexibility index (Phi) is 3.62. The summed E-state index contributed by atoms with van der Waals surface area (Å²) in [5, 5.41) is 4.54. The number of anilines is 1. The van der Waals surface area contributed by atoms with Gasteiger partial charge in [-0.1, -0.05) is 29.3 Å². The van der Waals surface area contributed by atoms with Gasteiger partial charge < -0.3 is 9.88 Å². The number of hydrogen-bond donors (Lipinski definition) is 1. The Morgan fingerprint density at radius 2 is 1.95 bits per heavy atom. The van der Waals surface area contributed by atoms with Crippen LogP contribution in [-0.2, 0) is 7.05 Å². The number of halogens is 2. The van der Waals surface area contributed by atoms with Crippen LogP contribution in [0.15, 0.2) is 48.7 Å². The van der Waals surface area contributed by atoms with Crippen molar-refractivity contribution >= 4 is 45.7 Å². The van der Waals surface area contributed by atoms with E-state index in [0.29, 0.717) is 21.3 Å². The maximum absolute atomic E-state index is 12.3. The molecule has 0 atom stereocenters. The number of aromatic nitrogens is 1. The summed E-state index contributed by atoms with van der Waals surface area (Å²) in [6, 6.07) is 12.7. The van der Waals surface area contributed by atoms with E-state index in [9.17, 15) is 4.79 Å². The molecule has 21 heavy (non-hydrogen) atoms. The smallest absolute Gasteiger partial charge is 0.255 e. The quantitative estimate of drug-likeness (QED) is 0.727. The van der Waals surface area contributed by atoms with Gasteiger partial charge in [-0.05, 0) is 36.4 Å². The molecule has 3 rings (SSSR count). The highest BCUT2D eigenvalue weighted by Crippen LogP contribution is 2.30. The van der Waals surface area contributed by atoms with Gasteiger partial charge in [0.2, 0.25) is 0 Å². The van der Waals surface area contributed by atoms with Crippen molar-refractivity contribution in [3.8, 4) is 0 Å². The van der Waals surface area contributed by atoms with Gasteiger partial charge in [-0.15, -0.1) is 0 Å². The largest absolute Gasteiger partial charge is 0.351 e. The summed E-state index contributed by atoms with van der Waals surface area (Å²) < 4.78 is 2.00. The second-order valence-electron chi connectivity index (χ2n) is 4.76. The lowest BCUT2D eigenvalue weighted by atomic mass is 10.1. The van der Waals surface area contributed by atoms with Gasteiger partial charge in [0.05, 0.1) is 15.7 Å². The zero-order valence-corrected chi connectivity index (χ0v) is 12.7. The maximum Gasteiger partial charge on any atom is 0.255 e. The van der Waals surface area contributed by atoms with Crippen LogP contribution in [0.3, 0.4) is 0 Å². The number of aryl methyl sites for hydroxylation is 1. The molecule has 2 aromatic carbocycles. The number of nitrogens with zero attached hydrogens (tertiary/aromatic N) is 1. The van der Waals surface area contributed by atoms with Crippen LogP contribution < -0.4 is 5.32 Å². The second-order valence-corrected chi connectivity index (χ2v) is 5.54. The SMILES string of the molecule is Cn1ccc2cc(C(=O)Nc3cccc(Cl)c3Cl)ccc21. The molecule has 1 aromatic heterocycles. The van der Waals surface area contributed by atoms with Gasteiger partial charge >= 0.3 is 0 Å². The molecule has 5 heteroatoms. The van der Waals surface area contributed by atoms with Crippen molar-refractivity contribution in [1.82, 2.24) is 4.57 Å². The topological polar surface area (TPSA) is 34.0 Å². The van der Waals surface area contributed by atoms with Gasteiger partial charge in [0.25, 0.3) is 5.91 Å². The monoisotopic (exact) mass is 318 g/mol. The van der Waals surface area contributed by atoms with Crippen LogP contribution >= 0.6 is 23.2 Å². The molecular weight excluding hydrogens is 307 g/mol. The van der Waals surface area contributed by atoms with Gasteiger partial charge in [-0.2, -0.15) is 0 Å². The summed E-state index contributed by atoms with van der Waals surface area (Å²) in [4.78, 5) is 12.3. The van der Waals surface area contributed by atoms with Gasteiger partial charge in [0.1, 0.15) is 0 Å². The molecule has 3 aromatic rings. The Bertz CT molecular complexity index is 839. The summed E-state index contributed by atoms with van der Waals surface area (Å²) in [7, 11) is 1.97. The van der Waals surface area contributed by atoms with E-state index >= 15 is 0 Å². The van der Waals surface area contributed by atoms with Crippen LogP contribution in [0.25, 0.3) is 10.9 Å². The molecule has 0 aliphatic heterocycles. The number of fused-ring (bicyclic) bond motifs is 1. The zero-order chi connectivity index (χ0) is 15.0. The molecule has 1 amide bonds. The lowest BCUT2D eigenvalue weighted by Gasteiger charge is -2.08. The number of amides is 1. The van der Waals surface area contributed by atoms with Crippen molar-refractivity contribution in [3.05, 3.63) is 64.3 Å². The average Bonchev–Trinajstić information content (AvgIpc) is 2.85. The van der Waals surface area contributed by atoms with Crippen molar-refractivity contribution < 1.29 is 4.79 Å². The fraction of sp³-hybridized carbons (Fsp3) is 0.0625. The Balaban J connectivity index is 1.91. The molecule has 0 radical (unpaired) electrons. The van der Waals surface area contributed by atoms with Crippen molar-refractivity contribution in [2.45, 2.75) is 0 Å². The molecule has 3 nitrogen and oxygen atoms in total. The summed E-state index contributed by atoms with van der Waals surface area (Å²) >= 11 is 12.0. The van der Waals surface area contributed by atoms with E-state index in [1.807, 2.05) is 36.0 Å². The standard InChI is InChI=1S/C16H12Cl2N2O/c1-20-8-7-10-9-11(5-6-14(10)20)16(21)19-13-4-2-3-12(17)15(13)18/h2-9H,1H3,(H,19,21). The van der Waals surface area contributed by atoms with Gasteiger partial charge in [-0.25, -0.2) is 0 Å². The lowest BCUT2D eigenvalue weighted by Crippen LogP contribution is -2.12. The van der Waals surface area contributed by atoms with E-state index in [4.69, 9.17) is 23.2 Å². The van der Waals surface area contributed by atoms with E-state index in [0.717, 1.165) is 10.9 Å². The third kappa shape index (κ3) is 2.62. The van der Waals surface area contributed by atoms with Crippen LogP contribution in [0.4, 0.5) is 5.69 Å². The second kappa shape index (κ2) is 5.43. The molecule has 0 saturated heterocycles. The Morgan fingerprint density at radius 3 is 2.76 bits per heavy atom. The van der Waals surface area contributed by atoms with Crippen molar-refractivity contribution in [3.63, 3.8) is 0 Å². The predicted molar refractivity (Wildman–Crippen MR) is 87.3 cm³/mol. The van der Waals surface area contributed by atoms with Gasteiger partial charge in [-0.3, -0.25) is 4.79 Å². The molecule has 0 aliphatic carbocycles. The number of benzene rings is 2. The first-order valence-corrected chi connectivity index (χ1v) is 7.12. The van der Waals surface area contributed by atoms with Crippen LogP contribution in [0.5, 0.6) is 0 Å². The number of hydrogen-bond acceptors (Lipinski definition) is 1. The van der Waals surface area contributed by atoms with E-state index in [1.165, 1.54) is 0 Å². The first kappa shape index (κ1) is 14.0. The first-order chi connectivity index (χ1) is 10.1. The zero-order valence-electron chi connectivity index (χ0n) is 11.2. The first-order valence-electron chi connectivity index (χ1n) is 6.37. The van der Waals surface area contributed by atoms with Crippen molar-refractivity contribution in [2.24, 2.45) is 7.05 Å². The average molecular weight is 319 g/mol. The fourth-order valence-electron chi connectivity index (χ4n) is 2.22. The number of rotatable bonds is 2. The molecule has 0 bridgehead atoms. The van der Waals surface area contributed by atoms with Crippen molar-refractivity contribution in [1.29, 1.82) is 0 Å². The molecule has 1 N–H and O–H groups in total. The van der Waals surface area contributed by atoms with E-state index in [1.54, 1.807) is 24.3 Å². The summed E-state index contributed by atoms with van der Waals surface area (Å²) in [6.07, 6.45) is 1.96. The van der Waals surface area contributed by atoms with Crippen LogP contribution in [-0.4, -0.2) is 10.5 Å². The Labute approximate surface area is 132 Å². The Morgan fingerprint density at radius 1 is 1.14 bits per heavy atom. The van der Waals surface area contributed by atoms with E-state index in [-0.39, 0.29) is 5.91 Å². The predicted octanol–water partition coefficient (Wildman–Crippen LogP) is 4.74. The minimum absolute atomic E-state index is 0.218. The molecule has 0 unspecified atom stereocenters. The number of carbonyl (C=O) groups excluding carboxylic acids is 1. The van der Waals surface area contributed by atoms with Crippen molar-refractivity contribution in [2.75, 3.05) is 5.32 Å². The third-order valence-electron chi connectivity index (χ3n) is 3.35. The third-order valence-corrected chi connectivity index (χ3v) is 4.17. The minimum Gasteiger partial charge on any atom is -0.351 e. The van der Waals surface area contributed by atoms with Gasteiger partial charge in [0, 0.05) is 29.7 Å². The molecule has 1 heterocycles. The molecule has 0 aliphatic rings. The van der Waals surface area contributed by atoms with E-state index < -0.39 is 0 Å². The van der Waals surface area contributed by atoms with Crippen LogP contribution in [0.1, 0.15) is 10.4 Å². The number of nitrogens with one attached hydrogen (secondary N) is 1. The number of carbonyl (C=O) groups is 1. The summed E-state index contributed by atoms with van der Waals surface area (Å²) in [5.41, 5.74) is 2.15. The lowest BCUT2D eigenvalue weighted by molar-refractivity contribution is 0.102. The highest BCUT2D eigenvalue weighted by Gasteiger charge is 2.11.